The van der Waals surface area contributed by atoms with Crippen LogP contribution in [-0.4, -0.2) is 51.6 Å². The van der Waals surface area contributed by atoms with Crippen LogP contribution in [0.5, 0.6) is 0 Å². The Morgan fingerprint density at radius 1 is 1.11 bits per heavy atom. The predicted octanol–water partition coefficient (Wildman–Crippen LogP) is 4.28. The second-order valence-corrected chi connectivity index (χ2v) is 6.53. The molecule has 0 aliphatic rings. The SMILES string of the molecule is CC.Cc1ccc(-c2nc(CCN(C)C)[nH]c2-c2ccncc2)cc1C(=O)O. The van der Waals surface area contributed by atoms with Crippen LogP contribution in [0.1, 0.15) is 35.6 Å². The van der Waals surface area contributed by atoms with E-state index in [0.717, 1.165) is 46.9 Å². The van der Waals surface area contributed by atoms with Crippen LogP contribution in [-0.2, 0) is 6.42 Å². The number of hydrogen-bond donors (Lipinski definition) is 2. The van der Waals surface area contributed by atoms with Crippen LogP contribution >= 0.6 is 0 Å². The second kappa shape index (κ2) is 9.80. The molecule has 6 heteroatoms. The van der Waals surface area contributed by atoms with Crippen LogP contribution in [0.4, 0.5) is 0 Å². The van der Waals surface area contributed by atoms with E-state index >= 15 is 0 Å². The van der Waals surface area contributed by atoms with Crippen LogP contribution in [0.3, 0.4) is 0 Å². The number of aromatic nitrogens is 3. The summed E-state index contributed by atoms with van der Waals surface area (Å²) in [6, 6.07) is 9.26. The number of likely N-dealkylation sites (N-methyl/N-ethyl adjacent to an activating group) is 1. The highest BCUT2D eigenvalue weighted by atomic mass is 16.4. The van der Waals surface area contributed by atoms with Crippen molar-refractivity contribution in [3.8, 4) is 22.5 Å². The molecule has 0 spiro atoms. The van der Waals surface area contributed by atoms with Crippen LogP contribution < -0.4 is 0 Å². The third kappa shape index (κ3) is 5.04. The minimum Gasteiger partial charge on any atom is -0.478 e. The molecule has 2 aromatic heterocycles. The molecule has 0 saturated heterocycles. The van der Waals surface area contributed by atoms with E-state index in [2.05, 4.69) is 14.9 Å². The molecular formula is C22H28N4O2. The summed E-state index contributed by atoms with van der Waals surface area (Å²) in [5, 5.41) is 9.43. The summed E-state index contributed by atoms with van der Waals surface area (Å²) in [5.74, 6) is -0.0591. The quantitative estimate of drug-likeness (QED) is 0.667. The minimum absolute atomic E-state index is 0.293. The second-order valence-electron chi connectivity index (χ2n) is 6.53. The predicted molar refractivity (Wildman–Crippen MR) is 113 cm³/mol. The molecule has 28 heavy (non-hydrogen) atoms. The van der Waals surface area contributed by atoms with Crippen molar-refractivity contribution in [1.29, 1.82) is 0 Å². The molecule has 0 aliphatic heterocycles. The van der Waals surface area contributed by atoms with Crippen molar-refractivity contribution < 1.29 is 9.90 Å². The summed E-state index contributed by atoms with van der Waals surface area (Å²) in [6.07, 6.45) is 4.25. The average molecular weight is 380 g/mol. The maximum Gasteiger partial charge on any atom is 0.335 e. The van der Waals surface area contributed by atoms with Crippen molar-refractivity contribution in [2.75, 3.05) is 20.6 Å². The van der Waals surface area contributed by atoms with Gasteiger partial charge in [0.15, 0.2) is 0 Å². The molecule has 0 unspecified atom stereocenters. The summed E-state index contributed by atoms with van der Waals surface area (Å²) < 4.78 is 0. The first-order chi connectivity index (χ1) is 13.5. The molecule has 3 rings (SSSR count). The van der Waals surface area contributed by atoms with Crippen molar-refractivity contribution in [3.63, 3.8) is 0 Å². The highest BCUT2D eigenvalue weighted by Gasteiger charge is 2.17. The number of carboxylic acid groups (broad SMARTS) is 1. The first kappa shape index (κ1) is 21.3. The first-order valence-electron chi connectivity index (χ1n) is 9.44. The third-order valence-corrected chi connectivity index (χ3v) is 4.26. The number of aromatic amines is 1. The molecule has 0 fully saturated rings. The van der Waals surface area contributed by atoms with Crippen molar-refractivity contribution in [3.05, 3.63) is 59.7 Å². The zero-order chi connectivity index (χ0) is 20.7. The van der Waals surface area contributed by atoms with E-state index in [9.17, 15) is 9.90 Å². The highest BCUT2D eigenvalue weighted by Crippen LogP contribution is 2.31. The van der Waals surface area contributed by atoms with Gasteiger partial charge in [-0.05, 0) is 44.8 Å². The minimum atomic E-state index is -0.932. The molecule has 148 valence electrons. The van der Waals surface area contributed by atoms with E-state index in [1.807, 2.05) is 52.2 Å². The fraction of sp³-hybridized carbons (Fsp3) is 0.318. The van der Waals surface area contributed by atoms with Gasteiger partial charge in [0.25, 0.3) is 0 Å². The van der Waals surface area contributed by atoms with Gasteiger partial charge < -0.3 is 15.0 Å². The lowest BCUT2D eigenvalue weighted by Gasteiger charge is -2.06. The Labute approximate surface area is 166 Å². The molecule has 2 heterocycles. The Morgan fingerprint density at radius 2 is 1.79 bits per heavy atom. The fourth-order valence-electron chi connectivity index (χ4n) is 2.81. The highest BCUT2D eigenvalue weighted by molar-refractivity contribution is 5.92. The number of aromatic carboxylic acids is 1. The fourth-order valence-corrected chi connectivity index (χ4v) is 2.81. The standard InChI is InChI=1S/C20H22N4O2.C2H6/c1-13-4-5-15(12-16(13)20(25)26)19-18(14-6-9-21-10-7-14)22-17(23-19)8-11-24(2)3;1-2/h4-7,9-10,12H,8,11H2,1-3H3,(H,22,23)(H,25,26);1-2H3. The topological polar surface area (TPSA) is 82.1 Å². The summed E-state index contributed by atoms with van der Waals surface area (Å²) >= 11 is 0. The molecule has 0 aliphatic carbocycles. The Hall–Kier alpha value is -2.99. The molecule has 0 amide bonds. The van der Waals surface area contributed by atoms with E-state index in [1.165, 1.54) is 0 Å². The summed E-state index contributed by atoms with van der Waals surface area (Å²) in [5.41, 5.74) is 4.41. The number of aryl methyl sites for hydroxylation is 1. The molecule has 6 nitrogen and oxygen atoms in total. The van der Waals surface area contributed by atoms with Gasteiger partial charge in [0, 0.05) is 36.5 Å². The molecule has 2 N–H and O–H groups in total. The van der Waals surface area contributed by atoms with E-state index in [4.69, 9.17) is 4.98 Å². The Bertz CT molecular complexity index is 918. The molecule has 1 aromatic carbocycles. The number of nitrogens with one attached hydrogen (secondary N) is 1. The zero-order valence-corrected chi connectivity index (χ0v) is 17.2. The van der Waals surface area contributed by atoms with Gasteiger partial charge in [-0.1, -0.05) is 26.0 Å². The lowest BCUT2D eigenvalue weighted by atomic mass is 10.0. The van der Waals surface area contributed by atoms with Crippen LogP contribution in [0.25, 0.3) is 22.5 Å². The summed E-state index contributed by atoms with van der Waals surface area (Å²) in [4.78, 5) is 25.8. The van der Waals surface area contributed by atoms with Gasteiger partial charge in [0.05, 0.1) is 17.0 Å². The lowest BCUT2D eigenvalue weighted by molar-refractivity contribution is 0.0696. The normalized spacial score (nSPS) is 10.5. The van der Waals surface area contributed by atoms with Gasteiger partial charge in [-0.25, -0.2) is 9.78 Å². The number of hydrogen-bond acceptors (Lipinski definition) is 4. The number of benzene rings is 1. The molecule has 0 radical (unpaired) electrons. The number of carbonyl (C=O) groups is 1. The summed E-state index contributed by atoms with van der Waals surface area (Å²) in [7, 11) is 4.04. The van der Waals surface area contributed by atoms with Crippen molar-refractivity contribution in [2.24, 2.45) is 0 Å². The van der Waals surface area contributed by atoms with Gasteiger partial charge in [-0.15, -0.1) is 0 Å². The van der Waals surface area contributed by atoms with Gasteiger partial charge in [-0.3, -0.25) is 4.98 Å². The number of H-pyrrole nitrogens is 1. The largest absolute Gasteiger partial charge is 0.478 e. The monoisotopic (exact) mass is 380 g/mol. The summed E-state index contributed by atoms with van der Waals surface area (Å²) in [6.45, 7) is 6.67. The maximum atomic E-state index is 11.5. The molecule has 3 aromatic rings. The Balaban J connectivity index is 0.00000136. The number of carboxylic acids is 1. The van der Waals surface area contributed by atoms with Gasteiger partial charge >= 0.3 is 5.97 Å². The van der Waals surface area contributed by atoms with Gasteiger partial charge in [-0.2, -0.15) is 0 Å². The van der Waals surface area contributed by atoms with Crippen molar-refractivity contribution >= 4 is 5.97 Å². The number of imidazole rings is 1. The molecular weight excluding hydrogens is 352 g/mol. The maximum absolute atomic E-state index is 11.5. The van der Waals surface area contributed by atoms with E-state index in [-0.39, 0.29) is 0 Å². The Kier molecular flexibility index (Phi) is 7.46. The number of rotatable bonds is 6. The molecule has 0 atom stereocenters. The Morgan fingerprint density at radius 3 is 2.39 bits per heavy atom. The van der Waals surface area contributed by atoms with Crippen molar-refractivity contribution in [2.45, 2.75) is 27.2 Å². The smallest absolute Gasteiger partial charge is 0.335 e. The lowest BCUT2D eigenvalue weighted by Crippen LogP contribution is -2.15. The van der Waals surface area contributed by atoms with Crippen molar-refractivity contribution in [1.82, 2.24) is 19.9 Å². The van der Waals surface area contributed by atoms with E-state index < -0.39 is 5.97 Å². The van der Waals surface area contributed by atoms with Crippen LogP contribution in [0, 0.1) is 6.92 Å². The van der Waals surface area contributed by atoms with E-state index in [0.29, 0.717) is 5.56 Å². The third-order valence-electron chi connectivity index (χ3n) is 4.26. The molecule has 0 saturated carbocycles. The van der Waals surface area contributed by atoms with Crippen LogP contribution in [0.15, 0.2) is 42.7 Å². The number of nitrogens with zero attached hydrogens (tertiary/aromatic N) is 3. The zero-order valence-electron chi connectivity index (χ0n) is 17.2. The van der Waals surface area contributed by atoms with Gasteiger partial charge in [0.2, 0.25) is 0 Å². The van der Waals surface area contributed by atoms with Gasteiger partial charge in [0.1, 0.15) is 5.82 Å². The first-order valence-corrected chi connectivity index (χ1v) is 9.44. The van der Waals surface area contributed by atoms with Crippen LogP contribution in [0.2, 0.25) is 0 Å². The number of pyridine rings is 1. The van der Waals surface area contributed by atoms with E-state index in [1.54, 1.807) is 25.4 Å². The molecule has 0 bridgehead atoms. The average Bonchev–Trinajstić information content (AvgIpc) is 3.13.